The lowest BCUT2D eigenvalue weighted by molar-refractivity contribution is 0.937. The van der Waals surface area contributed by atoms with Gasteiger partial charge in [-0.15, -0.1) is 0 Å². The van der Waals surface area contributed by atoms with E-state index in [-0.39, 0.29) is 0 Å². The molecule has 0 heteroatoms. The van der Waals surface area contributed by atoms with Gasteiger partial charge in [-0.05, 0) is 50.8 Å². The molecule has 2 aromatic rings. The number of rotatable bonds is 3. The van der Waals surface area contributed by atoms with Crippen molar-refractivity contribution in [2.75, 3.05) is 0 Å². The van der Waals surface area contributed by atoms with E-state index in [9.17, 15) is 0 Å². The molecule has 0 atom stereocenters. The van der Waals surface area contributed by atoms with Crippen molar-refractivity contribution >= 4 is 0 Å². The number of aryl methyl sites for hydroxylation is 2. The standard InChI is InChI=1S/C22H24/c1-15-7-5-9-19(13-15)22(20-10-6-8-16(2)14-20)21-17(3)11-12-18(21)4/h5-11,13-14,22H,12H2,1-4H3. The fourth-order valence-corrected chi connectivity index (χ4v) is 3.56. The summed E-state index contributed by atoms with van der Waals surface area (Å²) >= 11 is 0. The van der Waals surface area contributed by atoms with Gasteiger partial charge in [-0.1, -0.05) is 76.9 Å². The minimum absolute atomic E-state index is 0.346. The van der Waals surface area contributed by atoms with Gasteiger partial charge in [0.2, 0.25) is 0 Å². The monoisotopic (exact) mass is 288 g/mol. The van der Waals surface area contributed by atoms with E-state index in [2.05, 4.69) is 82.3 Å². The first kappa shape index (κ1) is 14.8. The molecule has 3 rings (SSSR count). The first-order chi connectivity index (χ1) is 10.6. The summed E-state index contributed by atoms with van der Waals surface area (Å²) in [6.07, 6.45) is 3.46. The molecular formula is C22H24. The number of hydrogen-bond donors (Lipinski definition) is 0. The van der Waals surface area contributed by atoms with Crippen LogP contribution in [0.1, 0.15) is 48.4 Å². The summed E-state index contributed by atoms with van der Waals surface area (Å²) in [5.41, 5.74) is 9.90. The largest absolute Gasteiger partial charge is 0.0772 e. The molecule has 0 saturated carbocycles. The fourth-order valence-electron chi connectivity index (χ4n) is 3.56. The Morgan fingerprint density at radius 3 is 1.73 bits per heavy atom. The van der Waals surface area contributed by atoms with E-state index in [1.54, 1.807) is 0 Å². The van der Waals surface area contributed by atoms with Gasteiger partial charge in [0.25, 0.3) is 0 Å². The van der Waals surface area contributed by atoms with Crippen molar-refractivity contribution in [3.63, 3.8) is 0 Å². The van der Waals surface area contributed by atoms with E-state index in [4.69, 9.17) is 0 Å². The van der Waals surface area contributed by atoms with Crippen molar-refractivity contribution in [2.24, 2.45) is 0 Å². The van der Waals surface area contributed by atoms with E-state index in [0.29, 0.717) is 5.92 Å². The van der Waals surface area contributed by atoms with Crippen molar-refractivity contribution in [1.82, 2.24) is 0 Å². The lowest BCUT2D eigenvalue weighted by Gasteiger charge is -2.23. The summed E-state index contributed by atoms with van der Waals surface area (Å²) in [6.45, 7) is 8.89. The normalized spacial score (nSPS) is 14.7. The van der Waals surface area contributed by atoms with Crippen LogP contribution in [0, 0.1) is 13.8 Å². The van der Waals surface area contributed by atoms with Crippen LogP contribution in [-0.2, 0) is 0 Å². The smallest absolute Gasteiger partial charge is 0.0342 e. The maximum atomic E-state index is 2.36. The second-order valence-electron chi connectivity index (χ2n) is 6.55. The number of hydrogen-bond acceptors (Lipinski definition) is 0. The predicted molar refractivity (Wildman–Crippen MR) is 95.3 cm³/mol. The first-order valence-electron chi connectivity index (χ1n) is 8.06. The quantitative estimate of drug-likeness (QED) is 0.640. The third kappa shape index (κ3) is 2.78. The third-order valence-electron chi connectivity index (χ3n) is 4.64. The zero-order chi connectivity index (χ0) is 15.7. The van der Waals surface area contributed by atoms with Crippen LogP contribution in [0.2, 0.25) is 0 Å². The topological polar surface area (TPSA) is 0 Å². The minimum atomic E-state index is 0.346. The molecule has 0 saturated heterocycles. The lowest BCUT2D eigenvalue weighted by atomic mass is 9.80. The van der Waals surface area contributed by atoms with Crippen LogP contribution in [0.5, 0.6) is 0 Å². The molecular weight excluding hydrogens is 264 g/mol. The lowest BCUT2D eigenvalue weighted by Crippen LogP contribution is -2.07. The minimum Gasteiger partial charge on any atom is -0.0772 e. The van der Waals surface area contributed by atoms with Gasteiger partial charge in [0.15, 0.2) is 0 Å². The Morgan fingerprint density at radius 1 is 0.773 bits per heavy atom. The van der Waals surface area contributed by atoms with Gasteiger partial charge >= 0.3 is 0 Å². The third-order valence-corrected chi connectivity index (χ3v) is 4.64. The Morgan fingerprint density at radius 2 is 1.32 bits per heavy atom. The molecule has 2 aromatic carbocycles. The van der Waals surface area contributed by atoms with E-state index >= 15 is 0 Å². The predicted octanol–water partition coefficient (Wildman–Crippen LogP) is 6.10. The van der Waals surface area contributed by atoms with Crippen LogP contribution in [0.15, 0.2) is 71.3 Å². The van der Waals surface area contributed by atoms with E-state index < -0.39 is 0 Å². The van der Waals surface area contributed by atoms with E-state index in [0.717, 1.165) is 6.42 Å². The summed E-state index contributed by atoms with van der Waals surface area (Å²) in [5, 5.41) is 0. The second kappa shape index (κ2) is 5.96. The van der Waals surface area contributed by atoms with Gasteiger partial charge in [-0.3, -0.25) is 0 Å². The van der Waals surface area contributed by atoms with Gasteiger partial charge < -0.3 is 0 Å². The zero-order valence-electron chi connectivity index (χ0n) is 14.0. The molecule has 0 N–H and O–H groups in total. The van der Waals surface area contributed by atoms with Crippen molar-refractivity contribution in [3.05, 3.63) is 93.6 Å². The Balaban J connectivity index is 2.19. The highest BCUT2D eigenvalue weighted by Gasteiger charge is 2.24. The molecule has 0 spiro atoms. The molecule has 0 amide bonds. The molecule has 0 fully saturated rings. The number of benzene rings is 2. The Kier molecular flexibility index (Phi) is 4.02. The average molecular weight is 288 g/mol. The van der Waals surface area contributed by atoms with Crippen LogP contribution in [-0.4, -0.2) is 0 Å². The van der Waals surface area contributed by atoms with Gasteiger partial charge in [0.1, 0.15) is 0 Å². The van der Waals surface area contributed by atoms with Crippen molar-refractivity contribution < 1.29 is 0 Å². The molecule has 0 unspecified atom stereocenters. The maximum Gasteiger partial charge on any atom is 0.0342 e. The van der Waals surface area contributed by atoms with Gasteiger partial charge in [0.05, 0.1) is 0 Å². The molecule has 1 aliphatic rings. The summed E-state index contributed by atoms with van der Waals surface area (Å²) < 4.78 is 0. The summed E-state index contributed by atoms with van der Waals surface area (Å²) in [5.74, 6) is 0.346. The fraction of sp³-hybridized carbons (Fsp3) is 0.273. The van der Waals surface area contributed by atoms with Gasteiger partial charge in [-0.2, -0.15) is 0 Å². The molecule has 0 aliphatic heterocycles. The maximum absolute atomic E-state index is 2.36. The van der Waals surface area contributed by atoms with E-state index in [1.807, 2.05) is 0 Å². The highest BCUT2D eigenvalue weighted by Crippen LogP contribution is 2.41. The van der Waals surface area contributed by atoms with Crippen molar-refractivity contribution in [1.29, 1.82) is 0 Å². The number of allylic oxidation sites excluding steroid dienone is 4. The first-order valence-corrected chi connectivity index (χ1v) is 8.06. The summed E-state index contributed by atoms with van der Waals surface area (Å²) in [4.78, 5) is 0. The highest BCUT2D eigenvalue weighted by molar-refractivity contribution is 5.54. The van der Waals surface area contributed by atoms with Gasteiger partial charge in [-0.25, -0.2) is 0 Å². The molecule has 112 valence electrons. The average Bonchev–Trinajstić information content (AvgIpc) is 2.80. The van der Waals surface area contributed by atoms with Gasteiger partial charge in [0, 0.05) is 5.92 Å². The molecule has 0 aromatic heterocycles. The van der Waals surface area contributed by atoms with Crippen LogP contribution >= 0.6 is 0 Å². The second-order valence-corrected chi connectivity index (χ2v) is 6.55. The van der Waals surface area contributed by atoms with Crippen LogP contribution in [0.25, 0.3) is 0 Å². The Labute approximate surface area is 134 Å². The van der Waals surface area contributed by atoms with Crippen molar-refractivity contribution in [2.45, 2.75) is 40.0 Å². The van der Waals surface area contributed by atoms with Crippen LogP contribution in [0.4, 0.5) is 0 Å². The zero-order valence-corrected chi connectivity index (χ0v) is 14.0. The summed E-state index contributed by atoms with van der Waals surface area (Å²) in [7, 11) is 0. The Bertz CT molecular complexity index is 714. The molecule has 22 heavy (non-hydrogen) atoms. The Hall–Kier alpha value is -2.08. The van der Waals surface area contributed by atoms with Crippen molar-refractivity contribution in [3.8, 4) is 0 Å². The highest BCUT2D eigenvalue weighted by atomic mass is 14.3. The van der Waals surface area contributed by atoms with Crippen LogP contribution < -0.4 is 0 Å². The molecule has 0 heterocycles. The summed E-state index contributed by atoms with van der Waals surface area (Å²) in [6, 6.07) is 17.9. The van der Waals surface area contributed by atoms with Crippen LogP contribution in [0.3, 0.4) is 0 Å². The molecule has 0 radical (unpaired) electrons. The molecule has 0 nitrogen and oxygen atoms in total. The molecule has 0 bridgehead atoms. The molecule has 1 aliphatic carbocycles. The SMILES string of the molecule is CC1=CCC(C)=C1C(c1cccc(C)c1)c1cccc(C)c1. The van der Waals surface area contributed by atoms with E-state index in [1.165, 1.54) is 39.0 Å².